The Hall–Kier alpha value is -4.00. The molecule has 2 amide bonds. The number of ether oxygens (including phenoxy) is 2. The molecule has 0 radical (unpaired) electrons. The number of hydrogen-bond acceptors (Lipinski definition) is 7. The Labute approximate surface area is 203 Å². The van der Waals surface area contributed by atoms with Crippen LogP contribution in [0.2, 0.25) is 0 Å². The standard InChI is InChI=1S/C26H27N5O4/c27-17-20-16-19(3-6-24(20)35-22-8-13-34-14-9-22)23-7-10-28-25(31-23)15-18-1-4-21(5-2-18)30-26(33)29-11-12-32/h1-7,10,16,22,32H,8-9,11-15H2,(H2,29,30,33). The summed E-state index contributed by atoms with van der Waals surface area (Å²) in [5.41, 5.74) is 3.65. The van der Waals surface area contributed by atoms with E-state index in [0.717, 1.165) is 29.7 Å². The molecule has 0 unspecified atom stereocenters. The third-order valence-electron chi connectivity index (χ3n) is 5.53. The molecule has 180 valence electrons. The molecule has 0 aliphatic carbocycles. The van der Waals surface area contributed by atoms with Crippen molar-refractivity contribution in [1.29, 1.82) is 5.26 Å². The fraction of sp³-hybridized carbons (Fsp3) is 0.308. The smallest absolute Gasteiger partial charge is 0.319 e. The monoisotopic (exact) mass is 473 g/mol. The van der Waals surface area contributed by atoms with Crippen LogP contribution in [0.5, 0.6) is 5.75 Å². The molecule has 0 saturated carbocycles. The lowest BCUT2D eigenvalue weighted by Gasteiger charge is -2.23. The maximum absolute atomic E-state index is 11.7. The second-order valence-corrected chi connectivity index (χ2v) is 8.09. The van der Waals surface area contributed by atoms with Crippen molar-refractivity contribution in [2.75, 3.05) is 31.7 Å². The summed E-state index contributed by atoms with van der Waals surface area (Å²) in [7, 11) is 0. The van der Waals surface area contributed by atoms with Crippen molar-refractivity contribution in [1.82, 2.24) is 15.3 Å². The fourth-order valence-electron chi connectivity index (χ4n) is 3.73. The number of anilines is 1. The van der Waals surface area contributed by atoms with Gasteiger partial charge in [0, 0.05) is 43.3 Å². The molecule has 1 aliphatic heterocycles. The summed E-state index contributed by atoms with van der Waals surface area (Å²) in [5, 5.41) is 23.7. The number of nitrogens with zero attached hydrogens (tertiary/aromatic N) is 3. The largest absolute Gasteiger partial charge is 0.489 e. The first-order chi connectivity index (χ1) is 17.1. The SMILES string of the molecule is N#Cc1cc(-c2ccnc(Cc3ccc(NC(=O)NCCO)cc3)n2)ccc1OC1CCOCC1. The van der Waals surface area contributed by atoms with Crippen LogP contribution < -0.4 is 15.4 Å². The van der Waals surface area contributed by atoms with Gasteiger partial charge in [-0.25, -0.2) is 14.8 Å². The van der Waals surface area contributed by atoms with Crippen LogP contribution >= 0.6 is 0 Å². The molecule has 0 atom stereocenters. The molecule has 2 heterocycles. The van der Waals surface area contributed by atoms with Gasteiger partial charge >= 0.3 is 6.03 Å². The van der Waals surface area contributed by atoms with E-state index in [1.807, 2.05) is 30.3 Å². The third kappa shape index (κ3) is 6.76. The Balaban J connectivity index is 1.43. The normalized spacial score (nSPS) is 13.6. The molecule has 0 spiro atoms. The molecule has 2 aromatic carbocycles. The highest BCUT2D eigenvalue weighted by atomic mass is 16.5. The third-order valence-corrected chi connectivity index (χ3v) is 5.53. The van der Waals surface area contributed by atoms with Crippen molar-refractivity contribution in [3.63, 3.8) is 0 Å². The molecule has 35 heavy (non-hydrogen) atoms. The summed E-state index contributed by atoms with van der Waals surface area (Å²) >= 11 is 0. The van der Waals surface area contributed by atoms with E-state index in [-0.39, 0.29) is 25.3 Å². The van der Waals surface area contributed by atoms with Gasteiger partial charge in [-0.15, -0.1) is 0 Å². The summed E-state index contributed by atoms with van der Waals surface area (Å²) in [6.45, 7) is 1.43. The van der Waals surface area contributed by atoms with Gasteiger partial charge in [0.15, 0.2) is 0 Å². The zero-order valence-electron chi connectivity index (χ0n) is 19.2. The molecule has 1 aliphatic rings. The molecule has 1 fully saturated rings. The molecule has 4 rings (SSSR count). The molecule has 3 aromatic rings. The van der Waals surface area contributed by atoms with Crippen molar-refractivity contribution >= 4 is 11.7 Å². The number of urea groups is 1. The number of aliphatic hydroxyl groups is 1. The Kier molecular flexibility index (Phi) is 8.22. The van der Waals surface area contributed by atoms with Gasteiger partial charge < -0.3 is 25.2 Å². The quantitative estimate of drug-likeness (QED) is 0.458. The summed E-state index contributed by atoms with van der Waals surface area (Å²) in [6.07, 6.45) is 3.91. The first kappa shape index (κ1) is 24.1. The van der Waals surface area contributed by atoms with Gasteiger partial charge in [-0.2, -0.15) is 5.26 Å². The minimum atomic E-state index is -0.372. The minimum absolute atomic E-state index is 0.0591. The Bertz CT molecular complexity index is 1190. The topological polar surface area (TPSA) is 129 Å². The zero-order chi connectivity index (χ0) is 24.5. The van der Waals surface area contributed by atoms with Crippen molar-refractivity contribution in [2.24, 2.45) is 0 Å². The van der Waals surface area contributed by atoms with Crippen molar-refractivity contribution in [3.05, 3.63) is 71.7 Å². The fourth-order valence-corrected chi connectivity index (χ4v) is 3.73. The minimum Gasteiger partial charge on any atom is -0.489 e. The lowest BCUT2D eigenvalue weighted by Crippen LogP contribution is -2.30. The Morgan fingerprint density at radius 3 is 2.71 bits per heavy atom. The van der Waals surface area contributed by atoms with Crippen LogP contribution in [0.1, 0.15) is 29.8 Å². The van der Waals surface area contributed by atoms with Crippen molar-refractivity contribution in [3.8, 4) is 23.1 Å². The number of nitriles is 1. The van der Waals surface area contributed by atoms with E-state index >= 15 is 0 Å². The summed E-state index contributed by atoms with van der Waals surface area (Å²) in [4.78, 5) is 20.8. The predicted octanol–water partition coefficient (Wildman–Crippen LogP) is 3.28. The number of carbonyl (C=O) groups is 1. The van der Waals surface area contributed by atoms with E-state index in [1.54, 1.807) is 24.4 Å². The molecule has 1 aromatic heterocycles. The van der Waals surface area contributed by atoms with E-state index in [2.05, 4.69) is 26.7 Å². The van der Waals surface area contributed by atoms with E-state index in [0.29, 0.717) is 42.5 Å². The summed E-state index contributed by atoms with van der Waals surface area (Å²) in [5.74, 6) is 1.22. The number of amides is 2. The average molecular weight is 474 g/mol. The second kappa shape index (κ2) is 11.9. The predicted molar refractivity (Wildman–Crippen MR) is 130 cm³/mol. The van der Waals surface area contributed by atoms with E-state index in [4.69, 9.17) is 14.6 Å². The van der Waals surface area contributed by atoms with Gasteiger partial charge in [0.2, 0.25) is 0 Å². The Morgan fingerprint density at radius 1 is 1.17 bits per heavy atom. The molecular weight excluding hydrogens is 446 g/mol. The lowest BCUT2D eigenvalue weighted by atomic mass is 10.1. The van der Waals surface area contributed by atoms with Gasteiger partial charge in [0.1, 0.15) is 23.7 Å². The zero-order valence-corrected chi connectivity index (χ0v) is 19.2. The molecule has 0 bridgehead atoms. The van der Waals surface area contributed by atoms with Gasteiger partial charge in [-0.05, 0) is 42.0 Å². The number of rotatable bonds is 8. The number of benzene rings is 2. The van der Waals surface area contributed by atoms with Crippen LogP contribution in [0.25, 0.3) is 11.3 Å². The molecule has 1 saturated heterocycles. The molecule has 9 nitrogen and oxygen atoms in total. The van der Waals surface area contributed by atoms with Crippen LogP contribution in [-0.2, 0) is 11.2 Å². The van der Waals surface area contributed by atoms with Crippen LogP contribution in [0.4, 0.5) is 10.5 Å². The number of carbonyl (C=O) groups excluding carboxylic acids is 1. The van der Waals surface area contributed by atoms with Crippen molar-refractivity contribution < 1.29 is 19.4 Å². The van der Waals surface area contributed by atoms with Crippen LogP contribution in [0, 0.1) is 11.3 Å². The lowest BCUT2D eigenvalue weighted by molar-refractivity contribution is 0.0254. The van der Waals surface area contributed by atoms with Crippen LogP contribution in [0.3, 0.4) is 0 Å². The van der Waals surface area contributed by atoms with Crippen molar-refractivity contribution in [2.45, 2.75) is 25.4 Å². The van der Waals surface area contributed by atoms with E-state index in [9.17, 15) is 10.1 Å². The van der Waals surface area contributed by atoms with E-state index < -0.39 is 0 Å². The maximum Gasteiger partial charge on any atom is 0.319 e. The number of aliphatic hydroxyl groups excluding tert-OH is 1. The average Bonchev–Trinajstić information content (AvgIpc) is 2.89. The first-order valence-corrected chi connectivity index (χ1v) is 11.5. The molecule has 9 heteroatoms. The van der Waals surface area contributed by atoms with Gasteiger partial charge in [0.25, 0.3) is 0 Å². The summed E-state index contributed by atoms with van der Waals surface area (Å²) in [6, 6.07) is 16.6. The highest BCUT2D eigenvalue weighted by Crippen LogP contribution is 2.27. The Morgan fingerprint density at radius 2 is 1.97 bits per heavy atom. The van der Waals surface area contributed by atoms with Gasteiger partial charge in [0.05, 0.1) is 31.1 Å². The maximum atomic E-state index is 11.7. The second-order valence-electron chi connectivity index (χ2n) is 8.09. The van der Waals surface area contributed by atoms with Crippen LogP contribution in [-0.4, -0.2) is 53.6 Å². The van der Waals surface area contributed by atoms with Crippen LogP contribution in [0.15, 0.2) is 54.7 Å². The number of aromatic nitrogens is 2. The molecular formula is C26H27N5O4. The highest BCUT2D eigenvalue weighted by Gasteiger charge is 2.17. The van der Waals surface area contributed by atoms with Gasteiger partial charge in [-0.3, -0.25) is 0 Å². The highest BCUT2D eigenvalue weighted by molar-refractivity contribution is 5.89. The van der Waals surface area contributed by atoms with E-state index in [1.165, 1.54) is 0 Å². The number of nitrogens with one attached hydrogen (secondary N) is 2. The first-order valence-electron chi connectivity index (χ1n) is 11.5. The van der Waals surface area contributed by atoms with Gasteiger partial charge in [-0.1, -0.05) is 12.1 Å². The summed E-state index contributed by atoms with van der Waals surface area (Å²) < 4.78 is 11.4. The number of hydrogen-bond donors (Lipinski definition) is 3. The molecule has 3 N–H and O–H groups in total.